The van der Waals surface area contributed by atoms with E-state index in [2.05, 4.69) is 203 Å². The maximum Gasteiger partial charge on any atom is 0.235 e. The molecular weight excluding hydrogens is 681 g/mol. The minimum atomic E-state index is 0.644. The molecule has 0 unspecified atom stereocenters. The Morgan fingerprint density at radius 2 is 1.00 bits per heavy atom. The molecule has 9 aromatic carbocycles. The molecule has 0 N–H and O–H groups in total. The first-order chi connectivity index (χ1) is 27.8. The van der Waals surface area contributed by atoms with Crippen molar-refractivity contribution in [2.75, 3.05) is 0 Å². The van der Waals surface area contributed by atoms with Crippen LogP contribution in [0, 0.1) is 0 Å². The molecule has 56 heavy (non-hydrogen) atoms. The highest BCUT2D eigenvalue weighted by molar-refractivity contribution is 6.34. The van der Waals surface area contributed by atoms with E-state index in [0.717, 1.165) is 49.8 Å². The highest BCUT2D eigenvalue weighted by atomic mass is 15.2. The summed E-state index contributed by atoms with van der Waals surface area (Å²) in [5.74, 6) is 0.644. The van der Waals surface area contributed by atoms with Crippen LogP contribution < -0.4 is 0 Å². The Bertz CT molecular complexity index is 3510. The third kappa shape index (κ3) is 4.47. The first-order valence-corrected chi connectivity index (χ1v) is 19.1. The lowest BCUT2D eigenvalue weighted by atomic mass is 9.96. The van der Waals surface area contributed by atoms with Crippen molar-refractivity contribution in [3.63, 3.8) is 0 Å². The zero-order valence-electron chi connectivity index (χ0n) is 30.3. The van der Waals surface area contributed by atoms with Gasteiger partial charge in [-0.2, -0.15) is 0 Å². The number of aromatic nitrogens is 4. The van der Waals surface area contributed by atoms with Crippen molar-refractivity contribution in [1.82, 2.24) is 19.1 Å². The van der Waals surface area contributed by atoms with Gasteiger partial charge in [0.05, 0.1) is 27.8 Å². The maximum absolute atomic E-state index is 5.59. The molecule has 12 rings (SSSR count). The van der Waals surface area contributed by atoms with Crippen molar-refractivity contribution >= 4 is 75.9 Å². The summed E-state index contributed by atoms with van der Waals surface area (Å²) in [6.07, 6.45) is 2.18. The van der Waals surface area contributed by atoms with Gasteiger partial charge in [-0.15, -0.1) is 0 Å². The van der Waals surface area contributed by atoms with Gasteiger partial charge in [0, 0.05) is 44.4 Å². The van der Waals surface area contributed by atoms with Crippen molar-refractivity contribution in [1.29, 1.82) is 0 Å². The zero-order valence-corrected chi connectivity index (χ0v) is 30.3. The smallest absolute Gasteiger partial charge is 0.235 e. The predicted octanol–water partition coefficient (Wildman–Crippen LogP) is 13.5. The Hall–Kier alpha value is -7.56. The summed E-state index contributed by atoms with van der Waals surface area (Å²) < 4.78 is 4.66. The molecule has 0 aliphatic carbocycles. The lowest BCUT2D eigenvalue weighted by Gasteiger charge is -2.15. The van der Waals surface area contributed by atoms with Gasteiger partial charge in [-0.1, -0.05) is 164 Å². The van der Waals surface area contributed by atoms with Crippen molar-refractivity contribution in [2.45, 2.75) is 0 Å². The van der Waals surface area contributed by atoms with E-state index in [0.29, 0.717) is 5.95 Å². The molecule has 4 heteroatoms. The van der Waals surface area contributed by atoms with Gasteiger partial charge in [0.2, 0.25) is 5.95 Å². The molecule has 0 aliphatic rings. The van der Waals surface area contributed by atoms with E-state index >= 15 is 0 Å². The molecule has 12 aromatic rings. The highest BCUT2D eigenvalue weighted by Crippen LogP contribution is 2.45. The summed E-state index contributed by atoms with van der Waals surface area (Å²) in [6, 6.07) is 67.3. The Labute approximate surface area is 322 Å². The van der Waals surface area contributed by atoms with E-state index in [1.807, 2.05) is 0 Å². The number of benzene rings is 9. The third-order valence-corrected chi connectivity index (χ3v) is 11.5. The molecule has 0 spiro atoms. The Morgan fingerprint density at radius 3 is 1.82 bits per heavy atom. The highest BCUT2D eigenvalue weighted by Gasteiger charge is 2.24. The molecule has 3 aromatic heterocycles. The van der Waals surface area contributed by atoms with Crippen LogP contribution in [0.25, 0.3) is 110 Å². The quantitative estimate of drug-likeness (QED) is 0.170. The first-order valence-electron chi connectivity index (χ1n) is 19.1. The maximum atomic E-state index is 5.59. The predicted molar refractivity (Wildman–Crippen MR) is 234 cm³/mol. The Kier molecular flexibility index (Phi) is 6.60. The Balaban J connectivity index is 1.20. The lowest BCUT2D eigenvalue weighted by molar-refractivity contribution is 1.01. The lowest BCUT2D eigenvalue weighted by Crippen LogP contribution is -2.05. The SMILES string of the molecule is c1ccc(-n2ccc3ccc4c5c6ccccc6c6ccccc6c5n(-c5nc(-c6ccc(-c7cccc8ccccc78)cc6)c6ccccc6n5)c4c32)cc1. The molecule has 260 valence electrons. The van der Waals surface area contributed by atoms with E-state index in [-0.39, 0.29) is 0 Å². The largest absolute Gasteiger partial charge is 0.315 e. The molecule has 0 radical (unpaired) electrons. The average Bonchev–Trinajstić information content (AvgIpc) is 3.87. The monoisotopic (exact) mass is 712 g/mol. The van der Waals surface area contributed by atoms with Crippen molar-refractivity contribution < 1.29 is 0 Å². The number of rotatable bonds is 4. The number of hydrogen-bond acceptors (Lipinski definition) is 2. The van der Waals surface area contributed by atoms with Crippen molar-refractivity contribution in [3.8, 4) is 34.0 Å². The Morgan fingerprint density at radius 1 is 0.357 bits per heavy atom. The second kappa shape index (κ2) is 12.0. The van der Waals surface area contributed by atoms with Gasteiger partial charge in [-0.05, 0) is 62.3 Å². The number of fused-ring (bicyclic) bond motifs is 12. The van der Waals surface area contributed by atoms with E-state index in [1.54, 1.807) is 0 Å². The van der Waals surface area contributed by atoms with Crippen LogP contribution in [0.3, 0.4) is 0 Å². The molecule has 4 nitrogen and oxygen atoms in total. The van der Waals surface area contributed by atoms with Crippen molar-refractivity contribution in [3.05, 3.63) is 194 Å². The normalized spacial score (nSPS) is 11.9. The van der Waals surface area contributed by atoms with Gasteiger partial charge in [0.25, 0.3) is 0 Å². The molecule has 3 heterocycles. The summed E-state index contributed by atoms with van der Waals surface area (Å²) in [4.78, 5) is 11.0. The minimum Gasteiger partial charge on any atom is -0.315 e. The molecule has 0 saturated heterocycles. The van der Waals surface area contributed by atoms with E-state index < -0.39 is 0 Å². The summed E-state index contributed by atoms with van der Waals surface area (Å²) >= 11 is 0. The first kappa shape index (κ1) is 30.9. The second-order valence-corrected chi connectivity index (χ2v) is 14.6. The summed E-state index contributed by atoms with van der Waals surface area (Å²) in [6.45, 7) is 0. The summed E-state index contributed by atoms with van der Waals surface area (Å²) in [7, 11) is 0. The van der Waals surface area contributed by atoms with Crippen LogP contribution in [-0.4, -0.2) is 19.1 Å². The molecule has 0 aliphatic heterocycles. The van der Waals surface area contributed by atoms with Gasteiger partial charge in [-0.3, -0.25) is 4.57 Å². The number of hydrogen-bond donors (Lipinski definition) is 0. The van der Waals surface area contributed by atoms with Crippen LogP contribution in [0.2, 0.25) is 0 Å². The third-order valence-electron chi connectivity index (χ3n) is 11.5. The fourth-order valence-corrected chi connectivity index (χ4v) is 9.05. The number of para-hydroxylation sites is 2. The van der Waals surface area contributed by atoms with Crippen LogP contribution in [0.5, 0.6) is 0 Å². The molecule has 0 fully saturated rings. The van der Waals surface area contributed by atoms with Gasteiger partial charge < -0.3 is 4.57 Å². The topological polar surface area (TPSA) is 35.6 Å². The van der Waals surface area contributed by atoms with Gasteiger partial charge >= 0.3 is 0 Å². The summed E-state index contributed by atoms with van der Waals surface area (Å²) in [5, 5.41) is 11.9. The summed E-state index contributed by atoms with van der Waals surface area (Å²) in [5.41, 5.74) is 9.66. The van der Waals surface area contributed by atoms with Crippen LogP contribution in [0.4, 0.5) is 0 Å². The van der Waals surface area contributed by atoms with Crippen LogP contribution >= 0.6 is 0 Å². The van der Waals surface area contributed by atoms with E-state index in [9.17, 15) is 0 Å². The average molecular weight is 713 g/mol. The standard InChI is InChI=1S/C52H32N4/c1-2-15-37(16-3-1)55-32-31-36-29-30-45-47-42-20-8-6-18-40(42)41-19-7-9-21-43(41)50(47)56(51(45)49(36)55)52-53-46-24-11-10-22-44(46)48(54-52)35-27-25-34(26-28-35)39-23-12-14-33-13-4-5-17-38(33)39/h1-32H. The zero-order chi connectivity index (χ0) is 36.7. The van der Waals surface area contributed by atoms with Crippen LogP contribution in [0.1, 0.15) is 0 Å². The molecular formula is C52H32N4. The van der Waals surface area contributed by atoms with E-state index in [4.69, 9.17) is 9.97 Å². The fraction of sp³-hybridized carbons (Fsp3) is 0. The fourth-order valence-electron chi connectivity index (χ4n) is 9.05. The molecule has 0 bridgehead atoms. The van der Waals surface area contributed by atoms with Crippen LogP contribution in [0.15, 0.2) is 194 Å². The minimum absolute atomic E-state index is 0.644. The van der Waals surface area contributed by atoms with Gasteiger partial charge in [0.1, 0.15) is 0 Å². The van der Waals surface area contributed by atoms with Gasteiger partial charge in [0.15, 0.2) is 0 Å². The molecule has 0 saturated carbocycles. The van der Waals surface area contributed by atoms with E-state index in [1.165, 1.54) is 54.2 Å². The second-order valence-electron chi connectivity index (χ2n) is 14.6. The number of nitrogens with zero attached hydrogens (tertiary/aromatic N) is 4. The molecule has 0 atom stereocenters. The van der Waals surface area contributed by atoms with Crippen LogP contribution in [-0.2, 0) is 0 Å². The van der Waals surface area contributed by atoms with Crippen molar-refractivity contribution in [2.24, 2.45) is 0 Å². The molecule has 0 amide bonds. The van der Waals surface area contributed by atoms with Gasteiger partial charge in [-0.25, -0.2) is 9.97 Å².